The second kappa shape index (κ2) is 6.68. The monoisotopic (exact) mass is 350 g/mol. The van der Waals surface area contributed by atoms with Crippen LogP contribution in [0.5, 0.6) is 0 Å². The number of hydrogen-bond donors (Lipinski definition) is 0. The van der Waals surface area contributed by atoms with Crippen molar-refractivity contribution in [2.75, 3.05) is 51.3 Å². The van der Waals surface area contributed by atoms with Crippen LogP contribution in [0, 0.1) is 0 Å². The standard InChI is InChI=1S/C15H19BrN4O/c1-21-9-8-19-4-6-20(7-5-19)14-2-3-17-13-10-12(16)11-18-15(13)14/h2-3,10-11H,4-9H2,1H3. The van der Waals surface area contributed by atoms with Crippen molar-refractivity contribution in [3.8, 4) is 0 Å². The number of piperazine rings is 1. The highest BCUT2D eigenvalue weighted by Gasteiger charge is 2.19. The minimum absolute atomic E-state index is 0.799. The molecule has 0 aromatic carbocycles. The van der Waals surface area contributed by atoms with E-state index in [1.165, 1.54) is 5.69 Å². The molecule has 3 heterocycles. The molecule has 21 heavy (non-hydrogen) atoms. The summed E-state index contributed by atoms with van der Waals surface area (Å²) < 4.78 is 6.11. The molecular weight excluding hydrogens is 332 g/mol. The third kappa shape index (κ3) is 3.33. The first-order valence-corrected chi connectivity index (χ1v) is 7.94. The van der Waals surface area contributed by atoms with Crippen molar-refractivity contribution >= 4 is 32.7 Å². The van der Waals surface area contributed by atoms with Gasteiger partial charge in [0.25, 0.3) is 0 Å². The lowest BCUT2D eigenvalue weighted by molar-refractivity contribution is 0.144. The van der Waals surface area contributed by atoms with Gasteiger partial charge in [0.15, 0.2) is 0 Å². The molecule has 0 bridgehead atoms. The number of hydrogen-bond acceptors (Lipinski definition) is 5. The number of anilines is 1. The van der Waals surface area contributed by atoms with E-state index >= 15 is 0 Å². The van der Waals surface area contributed by atoms with Gasteiger partial charge in [-0.05, 0) is 28.1 Å². The average molecular weight is 351 g/mol. The Bertz CT molecular complexity index is 614. The Morgan fingerprint density at radius 3 is 2.81 bits per heavy atom. The van der Waals surface area contributed by atoms with E-state index in [2.05, 4.69) is 41.8 Å². The largest absolute Gasteiger partial charge is 0.383 e. The number of nitrogens with zero attached hydrogens (tertiary/aromatic N) is 4. The van der Waals surface area contributed by atoms with E-state index in [0.29, 0.717) is 0 Å². The summed E-state index contributed by atoms with van der Waals surface area (Å²) in [6, 6.07) is 4.08. The lowest BCUT2D eigenvalue weighted by Crippen LogP contribution is -2.47. The van der Waals surface area contributed by atoms with Crippen molar-refractivity contribution in [2.24, 2.45) is 0 Å². The van der Waals surface area contributed by atoms with Crippen molar-refractivity contribution in [1.82, 2.24) is 14.9 Å². The van der Waals surface area contributed by atoms with Gasteiger partial charge in [-0.2, -0.15) is 0 Å². The van der Waals surface area contributed by atoms with Crippen molar-refractivity contribution in [3.63, 3.8) is 0 Å². The zero-order valence-corrected chi connectivity index (χ0v) is 13.7. The second-order valence-electron chi connectivity index (χ2n) is 5.17. The fourth-order valence-electron chi connectivity index (χ4n) is 2.68. The minimum Gasteiger partial charge on any atom is -0.383 e. The number of pyridine rings is 2. The summed E-state index contributed by atoms with van der Waals surface area (Å²) in [4.78, 5) is 13.8. The van der Waals surface area contributed by atoms with Gasteiger partial charge in [0.2, 0.25) is 0 Å². The van der Waals surface area contributed by atoms with Crippen molar-refractivity contribution < 1.29 is 4.74 Å². The highest BCUT2D eigenvalue weighted by atomic mass is 79.9. The molecule has 0 atom stereocenters. The van der Waals surface area contributed by atoms with Gasteiger partial charge in [-0.15, -0.1) is 0 Å². The molecule has 0 N–H and O–H groups in total. The minimum atomic E-state index is 0.799. The van der Waals surface area contributed by atoms with Crippen LogP contribution in [0.25, 0.3) is 11.0 Å². The number of rotatable bonds is 4. The molecule has 1 aliphatic rings. The van der Waals surface area contributed by atoms with E-state index in [0.717, 1.165) is 54.8 Å². The number of methoxy groups -OCH3 is 1. The van der Waals surface area contributed by atoms with Crippen LogP contribution in [0.4, 0.5) is 5.69 Å². The maximum absolute atomic E-state index is 5.15. The zero-order valence-electron chi connectivity index (χ0n) is 12.1. The molecule has 1 fully saturated rings. The molecule has 0 amide bonds. The maximum atomic E-state index is 5.15. The Labute approximate surface area is 133 Å². The molecular formula is C15H19BrN4O. The third-order valence-electron chi connectivity index (χ3n) is 3.85. The van der Waals surface area contributed by atoms with Gasteiger partial charge in [0.05, 0.1) is 17.8 Å². The van der Waals surface area contributed by atoms with Gasteiger partial charge in [-0.25, -0.2) is 0 Å². The number of aromatic nitrogens is 2. The smallest absolute Gasteiger partial charge is 0.112 e. The summed E-state index contributed by atoms with van der Waals surface area (Å²) in [6.45, 7) is 5.95. The first-order valence-electron chi connectivity index (χ1n) is 7.14. The SMILES string of the molecule is COCCN1CCN(c2ccnc3cc(Br)cnc23)CC1. The lowest BCUT2D eigenvalue weighted by atomic mass is 10.2. The summed E-state index contributed by atoms with van der Waals surface area (Å²) >= 11 is 3.45. The molecule has 1 saturated heterocycles. The van der Waals surface area contributed by atoms with E-state index in [9.17, 15) is 0 Å². The van der Waals surface area contributed by atoms with Crippen LogP contribution in [-0.2, 0) is 4.74 Å². The Balaban J connectivity index is 1.76. The van der Waals surface area contributed by atoms with E-state index in [4.69, 9.17) is 4.74 Å². The van der Waals surface area contributed by atoms with Gasteiger partial charge in [0.1, 0.15) is 5.52 Å². The molecule has 0 saturated carbocycles. The Morgan fingerprint density at radius 1 is 1.24 bits per heavy atom. The molecule has 5 nitrogen and oxygen atoms in total. The summed E-state index contributed by atoms with van der Waals surface area (Å²) in [7, 11) is 1.75. The fraction of sp³-hybridized carbons (Fsp3) is 0.467. The molecule has 112 valence electrons. The number of halogens is 1. The summed E-state index contributed by atoms with van der Waals surface area (Å²) in [5.41, 5.74) is 3.09. The van der Waals surface area contributed by atoms with Gasteiger partial charge in [-0.3, -0.25) is 14.9 Å². The topological polar surface area (TPSA) is 41.5 Å². The van der Waals surface area contributed by atoms with Crippen LogP contribution in [0.2, 0.25) is 0 Å². The van der Waals surface area contributed by atoms with Crippen molar-refractivity contribution in [2.45, 2.75) is 0 Å². The Hall–Kier alpha value is -1.24. The molecule has 1 aliphatic heterocycles. The lowest BCUT2D eigenvalue weighted by Gasteiger charge is -2.36. The van der Waals surface area contributed by atoms with E-state index in [1.54, 1.807) is 7.11 Å². The van der Waals surface area contributed by atoms with E-state index in [-0.39, 0.29) is 0 Å². The summed E-state index contributed by atoms with van der Waals surface area (Å²) in [5, 5.41) is 0. The van der Waals surface area contributed by atoms with Gasteiger partial charge in [0, 0.05) is 56.7 Å². The summed E-state index contributed by atoms with van der Waals surface area (Å²) in [5.74, 6) is 0. The molecule has 6 heteroatoms. The predicted molar refractivity (Wildman–Crippen MR) is 87.8 cm³/mol. The third-order valence-corrected chi connectivity index (χ3v) is 4.28. The maximum Gasteiger partial charge on any atom is 0.112 e. The van der Waals surface area contributed by atoms with Crippen LogP contribution in [0.1, 0.15) is 0 Å². The van der Waals surface area contributed by atoms with Crippen molar-refractivity contribution in [3.05, 3.63) is 29.0 Å². The molecule has 0 aliphatic carbocycles. The summed E-state index contributed by atoms with van der Waals surface area (Å²) in [6.07, 6.45) is 3.70. The van der Waals surface area contributed by atoms with Crippen LogP contribution < -0.4 is 4.90 Å². The van der Waals surface area contributed by atoms with Crippen LogP contribution >= 0.6 is 15.9 Å². The average Bonchev–Trinajstić information content (AvgIpc) is 2.52. The van der Waals surface area contributed by atoms with E-state index in [1.807, 2.05) is 18.5 Å². The first-order chi connectivity index (χ1) is 10.3. The van der Waals surface area contributed by atoms with Gasteiger partial charge < -0.3 is 9.64 Å². The van der Waals surface area contributed by atoms with Crippen LogP contribution in [0.15, 0.2) is 29.0 Å². The highest BCUT2D eigenvalue weighted by molar-refractivity contribution is 9.10. The quantitative estimate of drug-likeness (QED) is 0.845. The Morgan fingerprint density at radius 2 is 2.05 bits per heavy atom. The predicted octanol–water partition coefficient (Wildman–Crippen LogP) is 2.16. The highest BCUT2D eigenvalue weighted by Crippen LogP contribution is 2.26. The van der Waals surface area contributed by atoms with Crippen LogP contribution in [0.3, 0.4) is 0 Å². The van der Waals surface area contributed by atoms with Gasteiger partial charge in [-0.1, -0.05) is 0 Å². The second-order valence-corrected chi connectivity index (χ2v) is 6.09. The normalized spacial score (nSPS) is 16.6. The number of fused-ring (bicyclic) bond motifs is 1. The molecule has 0 radical (unpaired) electrons. The van der Waals surface area contributed by atoms with Gasteiger partial charge >= 0.3 is 0 Å². The van der Waals surface area contributed by atoms with E-state index < -0.39 is 0 Å². The zero-order chi connectivity index (χ0) is 14.7. The number of ether oxygens (including phenoxy) is 1. The molecule has 2 aromatic heterocycles. The molecule has 3 rings (SSSR count). The van der Waals surface area contributed by atoms with Crippen LogP contribution in [-0.4, -0.2) is 61.3 Å². The first kappa shape index (κ1) is 14.7. The molecule has 0 unspecified atom stereocenters. The van der Waals surface area contributed by atoms with Crippen molar-refractivity contribution in [1.29, 1.82) is 0 Å². The Kier molecular flexibility index (Phi) is 4.67. The fourth-order valence-corrected chi connectivity index (χ4v) is 3.00. The molecule has 2 aromatic rings. The molecule has 0 spiro atoms.